The Kier molecular flexibility index (Phi) is 1.78. The molecule has 0 aliphatic heterocycles. The quantitative estimate of drug-likeness (QED) is 0.625. The van der Waals surface area contributed by atoms with Gasteiger partial charge in [0.1, 0.15) is 0 Å². The first-order chi connectivity index (χ1) is 5.35. The summed E-state index contributed by atoms with van der Waals surface area (Å²) in [6.45, 7) is 8.17. The van der Waals surface area contributed by atoms with E-state index in [1.54, 1.807) is 0 Å². The summed E-state index contributed by atoms with van der Waals surface area (Å²) >= 11 is 0. The van der Waals surface area contributed by atoms with Crippen LogP contribution in [0, 0.1) is 16.7 Å². The predicted octanol–water partition coefficient (Wildman–Crippen LogP) is 0.941. The van der Waals surface area contributed by atoms with Crippen LogP contribution in [0.3, 0.4) is 0 Å². The Morgan fingerprint density at radius 2 is 1.67 bits per heavy atom. The first-order valence-electron chi connectivity index (χ1n) is 4.09. The third-order valence-corrected chi connectivity index (χ3v) is 3.48. The van der Waals surface area contributed by atoms with Gasteiger partial charge in [0.2, 0.25) is 12.3 Å². The van der Waals surface area contributed by atoms with E-state index in [1.165, 1.54) is 0 Å². The molecule has 0 aromatic carbocycles. The van der Waals surface area contributed by atoms with Gasteiger partial charge in [-0.2, -0.15) is 0 Å². The van der Waals surface area contributed by atoms with Crippen LogP contribution in [0.15, 0.2) is 0 Å². The largest absolute Gasteiger partial charge is 0.299 e. The number of imide groups is 1. The highest BCUT2D eigenvalue weighted by Crippen LogP contribution is 2.68. The van der Waals surface area contributed by atoms with E-state index in [0.29, 0.717) is 6.41 Å². The highest BCUT2D eigenvalue weighted by Gasteiger charge is 2.68. The lowest BCUT2D eigenvalue weighted by atomic mass is 10.0. The number of carbonyl (C=O) groups is 2. The van der Waals surface area contributed by atoms with E-state index in [4.69, 9.17) is 0 Å². The minimum Gasteiger partial charge on any atom is -0.299 e. The fraction of sp³-hybridized carbons (Fsp3) is 0.778. The number of hydrogen-bond donors (Lipinski definition) is 1. The topological polar surface area (TPSA) is 46.2 Å². The van der Waals surface area contributed by atoms with Crippen molar-refractivity contribution in [3.63, 3.8) is 0 Å². The molecule has 0 heterocycles. The summed E-state index contributed by atoms with van der Waals surface area (Å²) in [6, 6.07) is 0. The zero-order valence-corrected chi connectivity index (χ0v) is 7.97. The van der Waals surface area contributed by atoms with Crippen molar-refractivity contribution in [3.8, 4) is 0 Å². The summed E-state index contributed by atoms with van der Waals surface area (Å²) in [4.78, 5) is 21.3. The van der Waals surface area contributed by atoms with Crippen LogP contribution in [0.25, 0.3) is 0 Å². The van der Waals surface area contributed by atoms with Gasteiger partial charge < -0.3 is 0 Å². The molecule has 1 rings (SSSR count). The van der Waals surface area contributed by atoms with Crippen molar-refractivity contribution < 1.29 is 9.59 Å². The molecule has 1 aliphatic rings. The molecule has 3 heteroatoms. The lowest BCUT2D eigenvalue weighted by molar-refractivity contribution is -0.127. The highest BCUT2D eigenvalue weighted by molar-refractivity contribution is 5.91. The Balaban J connectivity index is 2.70. The fourth-order valence-corrected chi connectivity index (χ4v) is 1.99. The fourth-order valence-electron chi connectivity index (χ4n) is 1.99. The van der Waals surface area contributed by atoms with Crippen molar-refractivity contribution in [2.45, 2.75) is 27.7 Å². The van der Waals surface area contributed by atoms with Crippen LogP contribution in [0.2, 0.25) is 0 Å². The van der Waals surface area contributed by atoms with Crippen LogP contribution in [0.4, 0.5) is 0 Å². The maximum absolute atomic E-state index is 11.3. The molecule has 0 atom stereocenters. The van der Waals surface area contributed by atoms with E-state index >= 15 is 0 Å². The molecule has 1 saturated carbocycles. The van der Waals surface area contributed by atoms with E-state index < -0.39 is 0 Å². The van der Waals surface area contributed by atoms with Crippen LogP contribution in [0.1, 0.15) is 27.7 Å². The molecule has 12 heavy (non-hydrogen) atoms. The number of nitrogens with one attached hydrogen (secondary N) is 1. The van der Waals surface area contributed by atoms with Crippen LogP contribution < -0.4 is 5.32 Å². The summed E-state index contributed by atoms with van der Waals surface area (Å²) in [7, 11) is 0. The third kappa shape index (κ3) is 0.958. The molecule has 0 aromatic rings. The average Bonchev–Trinajstić information content (AvgIpc) is 2.24. The number of hydrogen-bond acceptors (Lipinski definition) is 2. The zero-order chi connectivity index (χ0) is 9.57. The maximum Gasteiger partial charge on any atom is 0.230 e. The third-order valence-electron chi connectivity index (χ3n) is 3.48. The van der Waals surface area contributed by atoms with Gasteiger partial charge in [0.05, 0.1) is 0 Å². The Labute approximate surface area is 72.5 Å². The van der Waals surface area contributed by atoms with Gasteiger partial charge in [-0.25, -0.2) is 0 Å². The molecule has 2 amide bonds. The lowest BCUT2D eigenvalue weighted by Gasteiger charge is -2.03. The summed E-state index contributed by atoms with van der Waals surface area (Å²) < 4.78 is 0. The van der Waals surface area contributed by atoms with Crippen molar-refractivity contribution in [2.24, 2.45) is 16.7 Å². The molecule has 0 radical (unpaired) electrons. The second-order valence-electron chi connectivity index (χ2n) is 4.50. The number of carbonyl (C=O) groups excluding carboxylic acids is 2. The Morgan fingerprint density at radius 3 is 1.92 bits per heavy atom. The molecule has 1 N–H and O–H groups in total. The highest BCUT2D eigenvalue weighted by atomic mass is 16.2. The maximum atomic E-state index is 11.3. The van der Waals surface area contributed by atoms with Gasteiger partial charge in [-0.1, -0.05) is 27.7 Å². The van der Waals surface area contributed by atoms with Gasteiger partial charge in [0, 0.05) is 5.92 Å². The van der Waals surface area contributed by atoms with Gasteiger partial charge in [-0.3, -0.25) is 14.9 Å². The van der Waals surface area contributed by atoms with E-state index in [-0.39, 0.29) is 22.7 Å². The minimum atomic E-state index is -0.153. The smallest absolute Gasteiger partial charge is 0.230 e. The standard InChI is InChI=1S/C9H15NO2/c1-8(2)6(9(8,3)4)7(12)10-5-11/h5-6H,1-4H3,(H,10,11,12). The second kappa shape index (κ2) is 2.31. The molecule has 0 saturated heterocycles. The molecular weight excluding hydrogens is 154 g/mol. The minimum absolute atomic E-state index is 0.0140. The van der Waals surface area contributed by atoms with Crippen LogP contribution in [-0.2, 0) is 9.59 Å². The summed E-state index contributed by atoms with van der Waals surface area (Å²) in [5, 5.41) is 2.20. The number of amides is 2. The van der Waals surface area contributed by atoms with E-state index in [2.05, 4.69) is 5.32 Å². The molecule has 1 fully saturated rings. The zero-order valence-electron chi connectivity index (χ0n) is 7.97. The van der Waals surface area contributed by atoms with Gasteiger partial charge in [0.25, 0.3) is 0 Å². The van der Waals surface area contributed by atoms with Crippen LogP contribution in [-0.4, -0.2) is 12.3 Å². The van der Waals surface area contributed by atoms with Crippen LogP contribution in [0.5, 0.6) is 0 Å². The van der Waals surface area contributed by atoms with Crippen molar-refractivity contribution in [1.29, 1.82) is 0 Å². The second-order valence-corrected chi connectivity index (χ2v) is 4.50. The SMILES string of the molecule is CC1(C)C(C(=O)NC=O)C1(C)C. The predicted molar refractivity (Wildman–Crippen MR) is 45.3 cm³/mol. The number of rotatable bonds is 2. The van der Waals surface area contributed by atoms with E-state index in [1.807, 2.05) is 27.7 Å². The summed E-state index contributed by atoms with van der Waals surface area (Å²) in [6.07, 6.45) is 0.451. The van der Waals surface area contributed by atoms with E-state index in [9.17, 15) is 9.59 Å². The van der Waals surface area contributed by atoms with E-state index in [0.717, 1.165) is 0 Å². The van der Waals surface area contributed by atoms with Crippen LogP contribution >= 0.6 is 0 Å². The van der Waals surface area contributed by atoms with Gasteiger partial charge in [-0.15, -0.1) is 0 Å². The van der Waals surface area contributed by atoms with Crippen molar-refractivity contribution in [3.05, 3.63) is 0 Å². The molecular formula is C9H15NO2. The van der Waals surface area contributed by atoms with Crippen molar-refractivity contribution in [1.82, 2.24) is 5.32 Å². The molecule has 68 valence electrons. The summed E-state index contributed by atoms with van der Waals surface area (Å²) in [5.74, 6) is -0.185. The summed E-state index contributed by atoms with van der Waals surface area (Å²) in [5.41, 5.74) is 0.0280. The normalized spacial score (nSPS) is 24.7. The Morgan fingerprint density at radius 1 is 1.25 bits per heavy atom. The van der Waals surface area contributed by atoms with Gasteiger partial charge in [-0.05, 0) is 10.8 Å². The van der Waals surface area contributed by atoms with Gasteiger partial charge in [0.15, 0.2) is 0 Å². The molecule has 3 nitrogen and oxygen atoms in total. The molecule has 0 aromatic heterocycles. The van der Waals surface area contributed by atoms with Crippen molar-refractivity contribution in [2.75, 3.05) is 0 Å². The molecule has 0 unspecified atom stereocenters. The average molecular weight is 169 g/mol. The monoisotopic (exact) mass is 169 g/mol. The Hall–Kier alpha value is -0.860. The van der Waals surface area contributed by atoms with Gasteiger partial charge >= 0.3 is 0 Å². The lowest BCUT2D eigenvalue weighted by Crippen LogP contribution is -2.25. The first-order valence-corrected chi connectivity index (χ1v) is 4.09. The Bertz CT molecular complexity index is 217. The first kappa shape index (κ1) is 9.23. The van der Waals surface area contributed by atoms with Crippen molar-refractivity contribution >= 4 is 12.3 Å². The molecule has 0 spiro atoms. The molecule has 0 bridgehead atoms. The molecule has 1 aliphatic carbocycles.